The zero-order valence-corrected chi connectivity index (χ0v) is 48.4. The van der Waals surface area contributed by atoms with Crippen LogP contribution in [0.4, 0.5) is 0 Å². The molecule has 7 atom stereocenters. The maximum atomic E-state index is 13.0. The van der Waals surface area contributed by atoms with Gasteiger partial charge >= 0.3 is 5.97 Å². The number of ether oxygens (including phenoxy) is 3. The predicted molar refractivity (Wildman–Crippen MR) is 315 cm³/mol. The van der Waals surface area contributed by atoms with E-state index in [-0.39, 0.29) is 18.5 Å². The molecule has 11 heteroatoms. The maximum absolute atomic E-state index is 13.0. The van der Waals surface area contributed by atoms with Gasteiger partial charge in [-0.25, -0.2) is 0 Å². The van der Waals surface area contributed by atoms with Gasteiger partial charge in [0.1, 0.15) is 24.4 Å². The second kappa shape index (κ2) is 54.1. The molecule has 7 unspecified atom stereocenters. The third-order valence-electron chi connectivity index (χ3n) is 14.3. The summed E-state index contributed by atoms with van der Waals surface area (Å²) in [5.74, 6) is -0.215. The predicted octanol–water partition coefficient (Wildman–Crippen LogP) is 14.8. The van der Waals surface area contributed by atoms with Crippen molar-refractivity contribution in [2.75, 3.05) is 19.8 Å². The molecule has 1 rings (SSSR count). The van der Waals surface area contributed by atoms with Gasteiger partial charge in [-0.1, -0.05) is 215 Å². The van der Waals surface area contributed by atoms with Crippen molar-refractivity contribution in [3.8, 4) is 0 Å². The molecule has 1 fully saturated rings. The summed E-state index contributed by atoms with van der Waals surface area (Å²) in [5, 5.41) is 54.1. The Bertz CT molecular complexity index is 1490. The third-order valence-corrected chi connectivity index (χ3v) is 14.3. The van der Waals surface area contributed by atoms with Gasteiger partial charge in [0.25, 0.3) is 0 Å². The molecular weight excluding hydrogens is 955 g/mol. The Morgan fingerprint density at radius 1 is 0.513 bits per heavy atom. The fraction of sp³-hybridized carbons (Fsp3) is 0.785. The van der Waals surface area contributed by atoms with Gasteiger partial charge in [0, 0.05) is 12.8 Å². The number of aliphatic hydroxyl groups excluding tert-OH is 5. The number of carbonyl (C=O) groups excluding carboxylic acids is 2. The number of esters is 1. The van der Waals surface area contributed by atoms with Gasteiger partial charge < -0.3 is 45.1 Å². The third kappa shape index (κ3) is 43.0. The number of hydrogen-bond acceptors (Lipinski definition) is 10. The minimum Gasteiger partial charge on any atom is -0.466 e. The first-order valence-electron chi connectivity index (χ1n) is 31.2. The molecule has 0 spiro atoms. The summed E-state index contributed by atoms with van der Waals surface area (Å²) in [5.41, 5.74) is 0. The fourth-order valence-electron chi connectivity index (χ4n) is 9.38. The number of allylic oxidation sites excluding steroid dienone is 11. The van der Waals surface area contributed by atoms with Gasteiger partial charge in [-0.05, 0) is 110 Å². The monoisotopic (exact) mass is 1070 g/mol. The van der Waals surface area contributed by atoms with Crippen molar-refractivity contribution in [2.24, 2.45) is 0 Å². The normalized spacial score (nSPS) is 19.2. The molecule has 76 heavy (non-hydrogen) atoms. The van der Waals surface area contributed by atoms with E-state index in [1.54, 1.807) is 6.08 Å². The topological polar surface area (TPSA) is 175 Å². The molecule has 11 nitrogen and oxygen atoms in total. The second-order valence-electron chi connectivity index (χ2n) is 21.4. The van der Waals surface area contributed by atoms with Crippen LogP contribution in [0, 0.1) is 0 Å². The largest absolute Gasteiger partial charge is 0.466 e. The van der Waals surface area contributed by atoms with E-state index < -0.39 is 49.5 Å². The SMILES string of the molecule is C/C=C/CC/C=C/CC/C=C/C(O)C(COC1OC(CO)C(O)C(O)C1O)NC(=O)CCCCCCCCCCCCC/C=C\C/C=C\CCCCCCCCCCCOC(=O)CCCCCCC/C=C\CCCCC. The van der Waals surface area contributed by atoms with Crippen molar-refractivity contribution in [3.05, 3.63) is 72.9 Å². The summed E-state index contributed by atoms with van der Waals surface area (Å²) in [6, 6.07) is -0.837. The van der Waals surface area contributed by atoms with E-state index in [1.807, 2.05) is 19.1 Å². The zero-order chi connectivity index (χ0) is 55.2. The van der Waals surface area contributed by atoms with E-state index in [2.05, 4.69) is 66.9 Å². The van der Waals surface area contributed by atoms with E-state index >= 15 is 0 Å². The highest BCUT2D eigenvalue weighted by molar-refractivity contribution is 5.76. The summed E-state index contributed by atoms with van der Waals surface area (Å²) in [4.78, 5) is 25.0. The molecule has 6 N–H and O–H groups in total. The van der Waals surface area contributed by atoms with Crippen molar-refractivity contribution in [1.29, 1.82) is 0 Å². The molecule has 0 radical (unpaired) electrons. The molecule has 440 valence electrons. The minimum atomic E-state index is -1.58. The Morgan fingerprint density at radius 2 is 0.947 bits per heavy atom. The highest BCUT2D eigenvalue weighted by Gasteiger charge is 2.44. The summed E-state index contributed by atoms with van der Waals surface area (Å²) in [6.45, 7) is 4.05. The molecule has 0 aromatic rings. The summed E-state index contributed by atoms with van der Waals surface area (Å²) >= 11 is 0. The lowest BCUT2D eigenvalue weighted by atomic mass is 9.99. The molecule has 1 aliphatic heterocycles. The van der Waals surface area contributed by atoms with Gasteiger partial charge in [0.05, 0.1) is 32.0 Å². The van der Waals surface area contributed by atoms with Crippen molar-refractivity contribution in [1.82, 2.24) is 5.32 Å². The highest BCUT2D eigenvalue weighted by atomic mass is 16.7. The minimum absolute atomic E-state index is 0.0106. The molecule has 0 aliphatic carbocycles. The van der Waals surface area contributed by atoms with E-state index in [1.165, 1.54) is 154 Å². The lowest BCUT2D eigenvalue weighted by Gasteiger charge is -2.40. The molecule has 1 saturated heterocycles. The first-order chi connectivity index (χ1) is 37.2. The van der Waals surface area contributed by atoms with Crippen molar-refractivity contribution in [3.63, 3.8) is 0 Å². The molecule has 1 amide bonds. The number of nitrogens with one attached hydrogen (secondary N) is 1. The molecule has 0 aromatic heterocycles. The Morgan fingerprint density at radius 3 is 1.46 bits per heavy atom. The van der Waals surface area contributed by atoms with Crippen LogP contribution in [0.25, 0.3) is 0 Å². The summed E-state index contributed by atoms with van der Waals surface area (Å²) < 4.78 is 16.6. The number of rotatable bonds is 53. The van der Waals surface area contributed by atoms with Crippen LogP contribution in [-0.2, 0) is 23.8 Å². The first kappa shape index (κ1) is 71.1. The number of unbranched alkanes of at least 4 members (excludes halogenated alkanes) is 30. The van der Waals surface area contributed by atoms with Gasteiger partial charge in [-0.15, -0.1) is 0 Å². The van der Waals surface area contributed by atoms with Gasteiger partial charge in [0.15, 0.2) is 6.29 Å². The Hall–Kier alpha value is -2.90. The van der Waals surface area contributed by atoms with Gasteiger partial charge in [0.2, 0.25) is 5.91 Å². The van der Waals surface area contributed by atoms with Crippen LogP contribution < -0.4 is 5.32 Å². The molecule has 1 aliphatic rings. The van der Waals surface area contributed by atoms with Crippen LogP contribution in [0.5, 0.6) is 0 Å². The number of hydrogen-bond donors (Lipinski definition) is 6. The molecular formula is C65H115NO10. The average Bonchev–Trinajstić information content (AvgIpc) is 3.42. The summed E-state index contributed by atoms with van der Waals surface area (Å²) in [6.07, 6.45) is 61.9. The quantitative estimate of drug-likeness (QED) is 0.0195. The molecule has 0 saturated carbocycles. The Kier molecular flexibility index (Phi) is 50.6. The fourth-order valence-corrected chi connectivity index (χ4v) is 9.38. The smallest absolute Gasteiger partial charge is 0.305 e. The number of carbonyl (C=O) groups is 2. The summed E-state index contributed by atoms with van der Waals surface area (Å²) in [7, 11) is 0. The Balaban J connectivity index is 2.00. The van der Waals surface area contributed by atoms with E-state index in [0.29, 0.717) is 19.4 Å². The van der Waals surface area contributed by atoms with Crippen LogP contribution in [-0.4, -0.2) is 100 Å². The van der Waals surface area contributed by atoms with Gasteiger partial charge in [-0.3, -0.25) is 9.59 Å². The average molecular weight is 1070 g/mol. The number of aliphatic hydroxyl groups is 5. The van der Waals surface area contributed by atoms with E-state index in [9.17, 15) is 35.1 Å². The second-order valence-corrected chi connectivity index (χ2v) is 21.4. The van der Waals surface area contributed by atoms with Crippen LogP contribution in [0.1, 0.15) is 264 Å². The lowest BCUT2D eigenvalue weighted by molar-refractivity contribution is -0.302. The first-order valence-corrected chi connectivity index (χ1v) is 31.2. The lowest BCUT2D eigenvalue weighted by Crippen LogP contribution is -2.60. The van der Waals surface area contributed by atoms with Gasteiger partial charge in [-0.2, -0.15) is 0 Å². The van der Waals surface area contributed by atoms with Crippen LogP contribution in [0.2, 0.25) is 0 Å². The highest BCUT2D eigenvalue weighted by Crippen LogP contribution is 2.23. The van der Waals surface area contributed by atoms with Crippen molar-refractivity contribution in [2.45, 2.75) is 307 Å². The Labute approximate surface area is 464 Å². The maximum Gasteiger partial charge on any atom is 0.305 e. The van der Waals surface area contributed by atoms with Crippen molar-refractivity contribution < 1.29 is 49.3 Å². The standard InChI is InChI=1S/C65H115NO10/c1-3-5-7-9-11-13-14-33-37-41-45-49-53-61(70)74-54-50-46-42-38-34-31-29-27-25-23-21-19-17-15-16-18-20-22-24-26-28-30-32-36-40-44-48-52-60(69)66-57(58(68)51-47-43-39-35-12-10-8-6-4-2)56-75-65-64(73)63(72)62(71)59(55-67)76-65/h4,6,11-13,15-16,19,21,35,47,51,57-59,62-65,67-68,71-73H,3,5,7-10,14,17-18,20,22-34,36-46,48-50,52-56H2,1-2H3,(H,66,69)/b6-4+,13-11-,16-15-,21-19-,35-12+,51-47+. The van der Waals surface area contributed by atoms with Crippen LogP contribution in [0.15, 0.2) is 72.9 Å². The molecule has 1 heterocycles. The zero-order valence-electron chi connectivity index (χ0n) is 48.4. The molecule has 0 bridgehead atoms. The van der Waals surface area contributed by atoms with E-state index in [0.717, 1.165) is 83.5 Å². The van der Waals surface area contributed by atoms with Crippen LogP contribution >= 0.6 is 0 Å². The van der Waals surface area contributed by atoms with E-state index in [4.69, 9.17) is 14.2 Å². The van der Waals surface area contributed by atoms with Crippen molar-refractivity contribution >= 4 is 11.9 Å². The number of amides is 1. The molecule has 0 aromatic carbocycles. The van der Waals surface area contributed by atoms with Crippen LogP contribution in [0.3, 0.4) is 0 Å².